The molecular weight excluding hydrogens is 360 g/mol. The van der Waals surface area contributed by atoms with Crippen LogP contribution in [0.25, 0.3) is 11.3 Å². The molecule has 0 spiro atoms. The molecule has 134 valence electrons. The van der Waals surface area contributed by atoms with Crippen LogP contribution >= 0.6 is 23.7 Å². The molecule has 2 aromatic rings. The average Bonchev–Trinajstić information content (AvgIpc) is 3.04. The van der Waals surface area contributed by atoms with Crippen LogP contribution in [-0.2, 0) is 9.59 Å². The van der Waals surface area contributed by atoms with Crippen molar-refractivity contribution in [3.63, 3.8) is 0 Å². The zero-order chi connectivity index (χ0) is 16.9. The Labute approximate surface area is 156 Å². The lowest BCUT2D eigenvalue weighted by molar-refractivity contribution is -0.120. The standard InChI is InChI=1S/C17H20N4O2S.ClH/c1-11(22)19-14-4-2-12(3-5-14)15-10-24-17(20-15)21-16(23)13-6-8-18-9-7-13;/h2-5,10,13,18H,6-9H2,1H3,(H,19,22)(H,20,21,23);1H. The van der Waals surface area contributed by atoms with Crippen molar-refractivity contribution in [2.24, 2.45) is 5.92 Å². The Hall–Kier alpha value is -1.96. The summed E-state index contributed by atoms with van der Waals surface area (Å²) < 4.78 is 0. The van der Waals surface area contributed by atoms with E-state index in [1.165, 1.54) is 18.3 Å². The van der Waals surface area contributed by atoms with Crippen molar-refractivity contribution < 1.29 is 9.59 Å². The van der Waals surface area contributed by atoms with Crippen LogP contribution in [0.15, 0.2) is 29.6 Å². The molecule has 1 fully saturated rings. The number of hydrogen-bond donors (Lipinski definition) is 3. The number of benzene rings is 1. The molecule has 1 aromatic heterocycles. The monoisotopic (exact) mass is 380 g/mol. The van der Waals surface area contributed by atoms with E-state index in [1.807, 2.05) is 29.6 Å². The molecule has 0 unspecified atom stereocenters. The van der Waals surface area contributed by atoms with Gasteiger partial charge in [-0.15, -0.1) is 23.7 Å². The van der Waals surface area contributed by atoms with Crippen LogP contribution < -0.4 is 16.0 Å². The zero-order valence-corrected chi connectivity index (χ0v) is 15.5. The number of hydrogen-bond acceptors (Lipinski definition) is 5. The van der Waals surface area contributed by atoms with Gasteiger partial charge in [-0.05, 0) is 38.1 Å². The van der Waals surface area contributed by atoms with E-state index in [0.717, 1.165) is 42.9 Å². The van der Waals surface area contributed by atoms with Gasteiger partial charge in [0.15, 0.2) is 5.13 Å². The third-order valence-corrected chi connectivity index (χ3v) is 4.70. The molecule has 8 heteroatoms. The van der Waals surface area contributed by atoms with E-state index >= 15 is 0 Å². The lowest BCUT2D eigenvalue weighted by atomic mass is 9.97. The van der Waals surface area contributed by atoms with E-state index in [9.17, 15) is 9.59 Å². The highest BCUT2D eigenvalue weighted by molar-refractivity contribution is 7.14. The molecule has 0 bridgehead atoms. The lowest BCUT2D eigenvalue weighted by Crippen LogP contribution is -2.34. The number of nitrogens with one attached hydrogen (secondary N) is 3. The van der Waals surface area contributed by atoms with Crippen molar-refractivity contribution in [2.75, 3.05) is 23.7 Å². The smallest absolute Gasteiger partial charge is 0.229 e. The number of carbonyl (C=O) groups is 2. The number of aromatic nitrogens is 1. The summed E-state index contributed by atoms with van der Waals surface area (Å²) in [7, 11) is 0. The molecule has 2 amide bonds. The highest BCUT2D eigenvalue weighted by Crippen LogP contribution is 2.26. The lowest BCUT2D eigenvalue weighted by Gasteiger charge is -2.20. The Morgan fingerprint density at radius 1 is 1.16 bits per heavy atom. The molecular formula is C17H21ClN4O2S. The van der Waals surface area contributed by atoms with Gasteiger partial charge in [-0.25, -0.2) is 4.98 Å². The van der Waals surface area contributed by atoms with Crippen LogP contribution in [0.4, 0.5) is 10.8 Å². The van der Waals surface area contributed by atoms with Crippen LogP contribution in [0.2, 0.25) is 0 Å². The maximum absolute atomic E-state index is 12.2. The molecule has 0 saturated carbocycles. The number of anilines is 2. The number of amides is 2. The first-order valence-corrected chi connectivity index (χ1v) is 8.85. The van der Waals surface area contributed by atoms with Gasteiger partial charge in [0.2, 0.25) is 11.8 Å². The van der Waals surface area contributed by atoms with Crippen molar-refractivity contribution in [3.05, 3.63) is 29.6 Å². The molecule has 25 heavy (non-hydrogen) atoms. The highest BCUT2D eigenvalue weighted by atomic mass is 35.5. The minimum absolute atomic E-state index is 0. The van der Waals surface area contributed by atoms with E-state index in [2.05, 4.69) is 20.9 Å². The number of thiazole rings is 1. The molecule has 1 aliphatic rings. The van der Waals surface area contributed by atoms with Gasteiger partial charge in [0.1, 0.15) is 0 Å². The van der Waals surface area contributed by atoms with Gasteiger partial charge in [0.05, 0.1) is 5.69 Å². The summed E-state index contributed by atoms with van der Waals surface area (Å²) in [4.78, 5) is 27.8. The molecule has 6 nitrogen and oxygen atoms in total. The Balaban J connectivity index is 0.00000225. The minimum Gasteiger partial charge on any atom is -0.326 e. The molecule has 2 heterocycles. The highest BCUT2D eigenvalue weighted by Gasteiger charge is 2.21. The second-order valence-electron chi connectivity index (χ2n) is 5.81. The number of piperidine rings is 1. The Morgan fingerprint density at radius 2 is 1.84 bits per heavy atom. The van der Waals surface area contributed by atoms with Crippen LogP contribution in [0.3, 0.4) is 0 Å². The summed E-state index contributed by atoms with van der Waals surface area (Å²) in [6.45, 7) is 3.26. The Morgan fingerprint density at radius 3 is 2.48 bits per heavy atom. The second-order valence-corrected chi connectivity index (χ2v) is 6.67. The Kier molecular flexibility index (Phi) is 6.92. The van der Waals surface area contributed by atoms with E-state index in [4.69, 9.17) is 0 Å². The first-order chi connectivity index (χ1) is 11.6. The third kappa shape index (κ3) is 5.26. The van der Waals surface area contributed by atoms with Gasteiger partial charge in [-0.2, -0.15) is 0 Å². The predicted octanol–water partition coefficient (Wildman–Crippen LogP) is 3.13. The normalized spacial score (nSPS) is 14.4. The van der Waals surface area contributed by atoms with Gasteiger partial charge >= 0.3 is 0 Å². The third-order valence-electron chi connectivity index (χ3n) is 3.95. The van der Waals surface area contributed by atoms with Gasteiger partial charge in [-0.1, -0.05) is 12.1 Å². The number of halogens is 1. The first-order valence-electron chi connectivity index (χ1n) is 7.97. The Bertz CT molecular complexity index is 727. The summed E-state index contributed by atoms with van der Waals surface area (Å²) in [5.41, 5.74) is 2.51. The van der Waals surface area contributed by atoms with E-state index < -0.39 is 0 Å². The van der Waals surface area contributed by atoms with E-state index in [1.54, 1.807) is 0 Å². The van der Waals surface area contributed by atoms with Gasteiger partial charge in [-0.3, -0.25) is 9.59 Å². The van der Waals surface area contributed by atoms with Crippen molar-refractivity contribution in [2.45, 2.75) is 19.8 Å². The summed E-state index contributed by atoms with van der Waals surface area (Å²) >= 11 is 1.42. The molecule has 0 atom stereocenters. The molecule has 0 radical (unpaired) electrons. The fraction of sp³-hybridized carbons (Fsp3) is 0.353. The van der Waals surface area contributed by atoms with Gasteiger partial charge in [0, 0.05) is 29.5 Å². The van der Waals surface area contributed by atoms with Crippen LogP contribution in [0.5, 0.6) is 0 Å². The predicted molar refractivity (Wildman–Crippen MR) is 103 cm³/mol. The zero-order valence-electron chi connectivity index (χ0n) is 13.9. The molecule has 3 rings (SSSR count). The molecule has 3 N–H and O–H groups in total. The maximum atomic E-state index is 12.2. The molecule has 1 aromatic carbocycles. The largest absolute Gasteiger partial charge is 0.326 e. The number of carbonyl (C=O) groups excluding carboxylic acids is 2. The molecule has 1 saturated heterocycles. The van der Waals surface area contributed by atoms with Crippen LogP contribution in [0, 0.1) is 5.92 Å². The van der Waals surface area contributed by atoms with Crippen molar-refractivity contribution >= 4 is 46.4 Å². The van der Waals surface area contributed by atoms with Gasteiger partial charge < -0.3 is 16.0 Å². The van der Waals surface area contributed by atoms with Gasteiger partial charge in [0.25, 0.3) is 0 Å². The SMILES string of the molecule is CC(=O)Nc1ccc(-c2csc(NC(=O)C3CCNCC3)n2)cc1.Cl. The summed E-state index contributed by atoms with van der Waals surface area (Å²) in [6, 6.07) is 7.48. The molecule has 0 aliphatic carbocycles. The minimum atomic E-state index is -0.0979. The quantitative estimate of drug-likeness (QED) is 0.761. The second kappa shape index (κ2) is 8.94. The first kappa shape index (κ1) is 19.4. The summed E-state index contributed by atoms with van der Waals surface area (Å²) in [5.74, 6) is 0.0215. The number of rotatable bonds is 4. The van der Waals surface area contributed by atoms with Crippen molar-refractivity contribution in [1.29, 1.82) is 0 Å². The maximum Gasteiger partial charge on any atom is 0.229 e. The fourth-order valence-corrected chi connectivity index (χ4v) is 3.41. The van der Waals surface area contributed by atoms with Crippen molar-refractivity contribution in [1.82, 2.24) is 10.3 Å². The molecule has 1 aliphatic heterocycles. The summed E-state index contributed by atoms with van der Waals surface area (Å²) in [6.07, 6.45) is 1.74. The van der Waals surface area contributed by atoms with Crippen LogP contribution in [-0.4, -0.2) is 29.9 Å². The topological polar surface area (TPSA) is 83.1 Å². The van der Waals surface area contributed by atoms with E-state index in [-0.39, 0.29) is 30.1 Å². The fourth-order valence-electron chi connectivity index (χ4n) is 2.68. The van der Waals surface area contributed by atoms with Crippen molar-refractivity contribution in [3.8, 4) is 11.3 Å². The van der Waals surface area contributed by atoms with E-state index in [0.29, 0.717) is 5.13 Å². The average molecular weight is 381 g/mol. The summed E-state index contributed by atoms with van der Waals surface area (Å²) in [5, 5.41) is 11.5. The number of nitrogens with zero attached hydrogens (tertiary/aromatic N) is 1. The van der Waals surface area contributed by atoms with Crippen LogP contribution in [0.1, 0.15) is 19.8 Å².